The summed E-state index contributed by atoms with van der Waals surface area (Å²) in [5.41, 5.74) is 0.610. The van der Waals surface area contributed by atoms with Crippen LogP contribution in [0.25, 0.3) is 0 Å². The Balaban J connectivity index is 1.52. The van der Waals surface area contributed by atoms with Crippen LogP contribution >= 0.6 is 0 Å². The van der Waals surface area contributed by atoms with Gasteiger partial charge in [0.1, 0.15) is 0 Å². The Hall–Kier alpha value is -0.770. The summed E-state index contributed by atoms with van der Waals surface area (Å²) >= 11 is 0. The fourth-order valence-corrected chi connectivity index (χ4v) is 4.91. The van der Waals surface area contributed by atoms with E-state index in [0.29, 0.717) is 11.5 Å². The average Bonchev–Trinajstić information content (AvgIpc) is 3.16. The largest absolute Gasteiger partial charge is 0.355 e. The van der Waals surface area contributed by atoms with E-state index in [4.69, 9.17) is 0 Å². The zero-order valence-electron chi connectivity index (χ0n) is 14.6. The molecule has 126 valence electrons. The summed E-state index contributed by atoms with van der Waals surface area (Å²) in [6.45, 7) is 8.22. The van der Waals surface area contributed by atoms with Gasteiger partial charge in [0, 0.05) is 32.7 Å². The van der Waals surface area contributed by atoms with Gasteiger partial charge in [-0.15, -0.1) is 0 Å². The van der Waals surface area contributed by atoms with Gasteiger partial charge in [-0.05, 0) is 50.6 Å². The highest BCUT2D eigenvalue weighted by molar-refractivity contribution is 5.80. The lowest BCUT2D eigenvalue weighted by Crippen LogP contribution is -2.46. The number of rotatable bonds is 3. The SMILES string of the molecule is CCN1CCCC1CNC(=NC)N1CCC2(CCCCC2)C1. The van der Waals surface area contributed by atoms with Crippen molar-refractivity contribution >= 4 is 5.96 Å². The molecular formula is C18H34N4. The van der Waals surface area contributed by atoms with E-state index in [-0.39, 0.29) is 0 Å². The van der Waals surface area contributed by atoms with Crippen molar-refractivity contribution in [1.29, 1.82) is 0 Å². The summed E-state index contributed by atoms with van der Waals surface area (Å²) in [7, 11) is 1.94. The number of aliphatic imine (C=N–C) groups is 1. The summed E-state index contributed by atoms with van der Waals surface area (Å²) in [6.07, 6.45) is 11.3. The molecule has 4 nitrogen and oxygen atoms in total. The molecule has 3 rings (SSSR count). The minimum Gasteiger partial charge on any atom is -0.355 e. The molecule has 1 unspecified atom stereocenters. The van der Waals surface area contributed by atoms with Crippen LogP contribution in [0.1, 0.15) is 58.3 Å². The molecule has 2 aliphatic heterocycles. The van der Waals surface area contributed by atoms with Crippen LogP contribution in [0.4, 0.5) is 0 Å². The Labute approximate surface area is 136 Å². The third kappa shape index (κ3) is 3.42. The van der Waals surface area contributed by atoms with Crippen LogP contribution in [-0.2, 0) is 0 Å². The smallest absolute Gasteiger partial charge is 0.193 e. The fraction of sp³-hybridized carbons (Fsp3) is 0.944. The van der Waals surface area contributed by atoms with Crippen molar-refractivity contribution in [2.24, 2.45) is 10.4 Å². The van der Waals surface area contributed by atoms with Crippen molar-refractivity contribution < 1.29 is 0 Å². The van der Waals surface area contributed by atoms with Gasteiger partial charge in [0.15, 0.2) is 5.96 Å². The van der Waals surface area contributed by atoms with Gasteiger partial charge in [0.2, 0.25) is 0 Å². The third-order valence-corrected chi connectivity index (χ3v) is 6.26. The van der Waals surface area contributed by atoms with Crippen LogP contribution < -0.4 is 5.32 Å². The van der Waals surface area contributed by atoms with E-state index in [0.717, 1.165) is 12.5 Å². The molecule has 1 spiro atoms. The molecule has 0 aromatic carbocycles. The van der Waals surface area contributed by atoms with Crippen LogP contribution in [0.2, 0.25) is 0 Å². The second-order valence-electron chi connectivity index (χ2n) is 7.58. The first-order chi connectivity index (χ1) is 10.8. The maximum Gasteiger partial charge on any atom is 0.193 e. The molecule has 0 bridgehead atoms. The van der Waals surface area contributed by atoms with Gasteiger partial charge in [-0.25, -0.2) is 0 Å². The monoisotopic (exact) mass is 306 g/mol. The highest BCUT2D eigenvalue weighted by atomic mass is 15.3. The summed E-state index contributed by atoms with van der Waals surface area (Å²) < 4.78 is 0. The minimum atomic E-state index is 0.610. The van der Waals surface area contributed by atoms with Crippen molar-refractivity contribution in [3.63, 3.8) is 0 Å². The normalized spacial score (nSPS) is 29.5. The lowest BCUT2D eigenvalue weighted by atomic mass is 9.73. The van der Waals surface area contributed by atoms with Gasteiger partial charge in [-0.2, -0.15) is 0 Å². The van der Waals surface area contributed by atoms with E-state index in [1.54, 1.807) is 0 Å². The molecule has 1 aliphatic carbocycles. The van der Waals surface area contributed by atoms with Crippen LogP contribution in [0.3, 0.4) is 0 Å². The molecule has 0 aromatic heterocycles. The number of hydrogen-bond donors (Lipinski definition) is 1. The average molecular weight is 306 g/mol. The molecule has 0 radical (unpaired) electrons. The summed E-state index contributed by atoms with van der Waals surface area (Å²) in [6, 6.07) is 0.702. The Morgan fingerprint density at radius 3 is 2.68 bits per heavy atom. The molecule has 1 N–H and O–H groups in total. The van der Waals surface area contributed by atoms with Crippen LogP contribution in [-0.4, -0.2) is 61.6 Å². The van der Waals surface area contributed by atoms with E-state index < -0.39 is 0 Å². The maximum atomic E-state index is 4.57. The number of hydrogen-bond acceptors (Lipinski definition) is 2. The Morgan fingerprint density at radius 1 is 1.14 bits per heavy atom. The number of guanidine groups is 1. The summed E-state index contributed by atoms with van der Waals surface area (Å²) in [5, 5.41) is 3.67. The molecule has 22 heavy (non-hydrogen) atoms. The van der Waals surface area contributed by atoms with Crippen molar-refractivity contribution in [3.05, 3.63) is 0 Å². The van der Waals surface area contributed by atoms with E-state index >= 15 is 0 Å². The molecule has 2 heterocycles. The quantitative estimate of drug-likeness (QED) is 0.642. The van der Waals surface area contributed by atoms with Gasteiger partial charge in [-0.3, -0.25) is 9.89 Å². The Kier molecular flexibility index (Phi) is 5.27. The number of likely N-dealkylation sites (tertiary alicyclic amines) is 2. The molecule has 1 saturated carbocycles. The van der Waals surface area contributed by atoms with E-state index in [1.807, 2.05) is 7.05 Å². The van der Waals surface area contributed by atoms with E-state index in [2.05, 4.69) is 27.0 Å². The first kappa shape index (κ1) is 16.1. The van der Waals surface area contributed by atoms with Gasteiger partial charge in [-0.1, -0.05) is 26.2 Å². The van der Waals surface area contributed by atoms with E-state index in [9.17, 15) is 0 Å². The lowest BCUT2D eigenvalue weighted by Gasteiger charge is -2.34. The van der Waals surface area contributed by atoms with Crippen molar-refractivity contribution in [3.8, 4) is 0 Å². The van der Waals surface area contributed by atoms with Crippen LogP contribution in [0.15, 0.2) is 4.99 Å². The van der Waals surface area contributed by atoms with Crippen molar-refractivity contribution in [2.75, 3.05) is 39.8 Å². The molecule has 0 aromatic rings. The van der Waals surface area contributed by atoms with Gasteiger partial charge < -0.3 is 10.2 Å². The summed E-state index contributed by atoms with van der Waals surface area (Å²) in [5.74, 6) is 1.14. The minimum absolute atomic E-state index is 0.610. The van der Waals surface area contributed by atoms with Crippen LogP contribution in [0, 0.1) is 5.41 Å². The predicted octanol–water partition coefficient (Wildman–Crippen LogP) is 2.70. The Bertz CT molecular complexity index is 387. The van der Waals surface area contributed by atoms with E-state index in [1.165, 1.54) is 77.5 Å². The van der Waals surface area contributed by atoms with Crippen LogP contribution in [0.5, 0.6) is 0 Å². The van der Waals surface area contributed by atoms with Gasteiger partial charge in [0.25, 0.3) is 0 Å². The highest BCUT2D eigenvalue weighted by Crippen LogP contribution is 2.43. The molecule has 2 saturated heterocycles. The number of nitrogens with zero attached hydrogens (tertiary/aromatic N) is 3. The zero-order valence-corrected chi connectivity index (χ0v) is 14.6. The lowest BCUT2D eigenvalue weighted by molar-refractivity contribution is 0.203. The fourth-order valence-electron chi connectivity index (χ4n) is 4.91. The number of likely N-dealkylation sites (N-methyl/N-ethyl adjacent to an activating group) is 1. The van der Waals surface area contributed by atoms with Crippen molar-refractivity contribution in [1.82, 2.24) is 15.1 Å². The first-order valence-electron chi connectivity index (χ1n) is 9.46. The standard InChI is InChI=1S/C18H34N4/c1-3-21-12-7-8-16(21)14-20-17(19-2)22-13-11-18(15-22)9-5-4-6-10-18/h16H,3-15H2,1-2H3,(H,19,20). The predicted molar refractivity (Wildman–Crippen MR) is 93.3 cm³/mol. The molecule has 4 heteroatoms. The second kappa shape index (κ2) is 7.20. The third-order valence-electron chi connectivity index (χ3n) is 6.26. The Morgan fingerprint density at radius 2 is 1.95 bits per heavy atom. The van der Waals surface area contributed by atoms with Gasteiger partial charge in [0.05, 0.1) is 0 Å². The molecule has 0 amide bonds. The molecule has 3 fully saturated rings. The molecule has 1 atom stereocenters. The molecule has 3 aliphatic rings. The number of nitrogens with one attached hydrogen (secondary N) is 1. The summed E-state index contributed by atoms with van der Waals surface area (Å²) in [4.78, 5) is 9.70. The second-order valence-corrected chi connectivity index (χ2v) is 7.58. The van der Waals surface area contributed by atoms with Crippen molar-refractivity contribution in [2.45, 2.75) is 64.3 Å². The highest BCUT2D eigenvalue weighted by Gasteiger charge is 2.39. The van der Waals surface area contributed by atoms with Gasteiger partial charge >= 0.3 is 0 Å². The topological polar surface area (TPSA) is 30.9 Å². The molecular weight excluding hydrogens is 272 g/mol. The first-order valence-corrected chi connectivity index (χ1v) is 9.46. The maximum absolute atomic E-state index is 4.57. The zero-order chi connectivity index (χ0) is 15.4.